The molecule has 0 unspecified atom stereocenters. The molecule has 1 aliphatic heterocycles. The Balaban J connectivity index is 1.18. The minimum Gasteiger partial charge on any atom is -0.453 e. The number of aromatic nitrogens is 2. The number of Topliss-reactive ketones (excluding diaryl/α,β-unsaturated/α-hetero) is 1. The van der Waals surface area contributed by atoms with Crippen LogP contribution in [0.25, 0.3) is 20.8 Å². The van der Waals surface area contributed by atoms with Crippen LogP contribution in [0.2, 0.25) is 0 Å². The zero-order valence-corrected chi connectivity index (χ0v) is 21.6. The quantitative estimate of drug-likeness (QED) is 0.335. The Hall–Kier alpha value is -3.69. The van der Waals surface area contributed by atoms with Crippen molar-refractivity contribution in [1.82, 2.24) is 20.2 Å². The maximum Gasteiger partial charge on any atom is 0.255 e. The van der Waals surface area contributed by atoms with Gasteiger partial charge in [0.25, 0.3) is 5.91 Å². The number of piperazine rings is 1. The zero-order chi connectivity index (χ0) is 26.1. The summed E-state index contributed by atoms with van der Waals surface area (Å²) in [6.07, 6.45) is 6.31. The molecule has 1 N–H and O–H groups in total. The van der Waals surface area contributed by atoms with Gasteiger partial charge in [0.1, 0.15) is 11.5 Å². The number of nitrogens with one attached hydrogen (secondary N) is 1. The lowest BCUT2D eigenvalue weighted by molar-refractivity contribution is -0.118. The largest absolute Gasteiger partial charge is 0.453 e. The second-order valence-corrected chi connectivity index (χ2v) is 10.9. The lowest BCUT2D eigenvalue weighted by Crippen LogP contribution is -2.46. The van der Waals surface area contributed by atoms with E-state index in [1.807, 2.05) is 17.0 Å². The van der Waals surface area contributed by atoms with E-state index < -0.39 is 5.82 Å². The topological polar surface area (TPSA) is 84.4 Å². The van der Waals surface area contributed by atoms with Crippen molar-refractivity contribution in [3.63, 3.8) is 0 Å². The minimum atomic E-state index is -0.505. The van der Waals surface area contributed by atoms with E-state index >= 15 is 0 Å². The van der Waals surface area contributed by atoms with Gasteiger partial charge in [-0.2, -0.15) is 0 Å². The lowest BCUT2D eigenvalue weighted by atomic mass is 10.0. The Labute approximate surface area is 223 Å². The molecule has 2 fully saturated rings. The van der Waals surface area contributed by atoms with Gasteiger partial charge in [-0.1, -0.05) is 6.07 Å². The summed E-state index contributed by atoms with van der Waals surface area (Å²) >= 11 is 1.45. The molecule has 1 amide bonds. The van der Waals surface area contributed by atoms with Crippen molar-refractivity contribution in [1.29, 1.82) is 0 Å². The number of amides is 1. The summed E-state index contributed by atoms with van der Waals surface area (Å²) in [4.78, 5) is 36.6. The first-order valence-electron chi connectivity index (χ1n) is 12.9. The number of ether oxygens (including phenoxy) is 1. The van der Waals surface area contributed by atoms with E-state index in [1.165, 1.54) is 17.4 Å². The summed E-state index contributed by atoms with van der Waals surface area (Å²) in [5, 5.41) is 3.25. The number of nitrogens with zero attached hydrogens (tertiary/aromatic N) is 3. The van der Waals surface area contributed by atoms with Crippen molar-refractivity contribution in [2.75, 3.05) is 26.2 Å². The first kappa shape index (κ1) is 24.6. The summed E-state index contributed by atoms with van der Waals surface area (Å²) in [6, 6.07) is 12.0. The van der Waals surface area contributed by atoms with Gasteiger partial charge in [-0.3, -0.25) is 19.6 Å². The Morgan fingerprint density at radius 3 is 2.63 bits per heavy atom. The lowest BCUT2D eigenvalue weighted by Gasteiger charge is -2.27. The average Bonchev–Trinajstić information content (AvgIpc) is 3.64. The Kier molecular flexibility index (Phi) is 6.86. The molecular formula is C29H27FN4O3S. The molecule has 1 aromatic carbocycles. The molecule has 4 heterocycles. The van der Waals surface area contributed by atoms with E-state index in [0.717, 1.165) is 41.2 Å². The molecule has 3 aromatic heterocycles. The first-order chi connectivity index (χ1) is 18.5. The van der Waals surface area contributed by atoms with Crippen molar-refractivity contribution in [2.24, 2.45) is 5.92 Å². The number of benzene rings is 1. The summed E-state index contributed by atoms with van der Waals surface area (Å²) in [5.41, 5.74) is 2.66. The van der Waals surface area contributed by atoms with Crippen molar-refractivity contribution in [3.8, 4) is 22.1 Å². The summed E-state index contributed by atoms with van der Waals surface area (Å²) in [6.45, 7) is 2.97. The van der Waals surface area contributed by atoms with Crippen LogP contribution in [0.5, 0.6) is 11.5 Å². The van der Waals surface area contributed by atoms with Gasteiger partial charge in [0.05, 0.1) is 26.4 Å². The predicted octanol–water partition coefficient (Wildman–Crippen LogP) is 5.25. The maximum absolute atomic E-state index is 14.9. The highest BCUT2D eigenvalue weighted by Crippen LogP contribution is 2.39. The van der Waals surface area contributed by atoms with Crippen LogP contribution < -0.4 is 10.1 Å². The molecule has 7 nitrogen and oxygen atoms in total. The minimum absolute atomic E-state index is 0.0143. The highest BCUT2D eigenvalue weighted by molar-refractivity contribution is 7.22. The van der Waals surface area contributed by atoms with Gasteiger partial charge in [-0.25, -0.2) is 4.39 Å². The molecule has 9 heteroatoms. The molecule has 194 valence electrons. The Morgan fingerprint density at radius 1 is 1.05 bits per heavy atom. The molecule has 0 radical (unpaired) electrons. The molecule has 0 atom stereocenters. The van der Waals surface area contributed by atoms with Gasteiger partial charge in [-0.15, -0.1) is 11.3 Å². The number of carbonyl (C=O) groups is 2. The third kappa shape index (κ3) is 5.44. The second-order valence-electron chi connectivity index (χ2n) is 9.84. The van der Waals surface area contributed by atoms with Gasteiger partial charge in [0.2, 0.25) is 0 Å². The zero-order valence-electron chi connectivity index (χ0n) is 20.8. The summed E-state index contributed by atoms with van der Waals surface area (Å²) in [5.74, 6) is 0.743. The van der Waals surface area contributed by atoms with Crippen LogP contribution in [-0.2, 0) is 11.2 Å². The maximum atomic E-state index is 14.9. The monoisotopic (exact) mass is 530 g/mol. The summed E-state index contributed by atoms with van der Waals surface area (Å²) in [7, 11) is 0. The van der Waals surface area contributed by atoms with E-state index in [1.54, 1.807) is 36.7 Å². The number of hydrogen-bond donors (Lipinski definition) is 1. The van der Waals surface area contributed by atoms with E-state index in [9.17, 15) is 14.0 Å². The standard InChI is InChI=1S/C29H27FN4O3S/c30-22-15-19(14-21(35)13-18-1-2-18)3-6-25(22)37-26-7-8-32-24-16-27(38-28(24)26)23-5-4-20(17-33-23)29(36)34-11-9-31-10-12-34/h3-8,15-18,31H,1-2,9-14H2. The third-order valence-corrected chi connectivity index (χ3v) is 8.04. The molecule has 1 aliphatic carbocycles. The number of pyridine rings is 2. The molecule has 2 aliphatic rings. The van der Waals surface area contributed by atoms with Gasteiger partial charge in [0, 0.05) is 57.5 Å². The van der Waals surface area contributed by atoms with Gasteiger partial charge in [0.15, 0.2) is 11.6 Å². The van der Waals surface area contributed by atoms with E-state index in [-0.39, 0.29) is 23.9 Å². The van der Waals surface area contributed by atoms with Gasteiger partial charge in [-0.05, 0) is 54.7 Å². The molecule has 6 rings (SSSR count). The van der Waals surface area contributed by atoms with Gasteiger partial charge < -0.3 is 15.0 Å². The second kappa shape index (κ2) is 10.6. The van der Waals surface area contributed by atoms with Crippen LogP contribution in [0.4, 0.5) is 4.39 Å². The Morgan fingerprint density at radius 2 is 1.89 bits per heavy atom. The number of carbonyl (C=O) groups excluding carboxylic acids is 2. The van der Waals surface area contributed by atoms with Gasteiger partial charge >= 0.3 is 0 Å². The molecule has 4 aromatic rings. The number of halogens is 1. The van der Waals surface area contributed by atoms with Crippen molar-refractivity contribution in [2.45, 2.75) is 25.7 Å². The molecule has 0 spiro atoms. The van der Waals surface area contributed by atoms with Crippen molar-refractivity contribution < 1.29 is 18.7 Å². The highest BCUT2D eigenvalue weighted by Gasteiger charge is 2.24. The number of thiophene rings is 1. The third-order valence-electron chi connectivity index (χ3n) is 6.87. The van der Waals surface area contributed by atoms with Crippen LogP contribution in [0, 0.1) is 11.7 Å². The van der Waals surface area contributed by atoms with Crippen LogP contribution in [0.15, 0.2) is 54.9 Å². The smallest absolute Gasteiger partial charge is 0.255 e. The normalized spacial score (nSPS) is 15.6. The van der Waals surface area contributed by atoms with Crippen molar-refractivity contribution in [3.05, 3.63) is 71.8 Å². The van der Waals surface area contributed by atoms with E-state index in [2.05, 4.69) is 15.3 Å². The molecule has 38 heavy (non-hydrogen) atoms. The number of hydrogen-bond acceptors (Lipinski definition) is 7. The average molecular weight is 531 g/mol. The van der Waals surface area contributed by atoms with E-state index in [0.29, 0.717) is 47.8 Å². The van der Waals surface area contributed by atoms with Crippen LogP contribution in [0.1, 0.15) is 35.2 Å². The molecule has 1 saturated heterocycles. The van der Waals surface area contributed by atoms with Crippen LogP contribution in [0.3, 0.4) is 0 Å². The molecule has 0 bridgehead atoms. The number of fused-ring (bicyclic) bond motifs is 1. The molecule has 1 saturated carbocycles. The summed E-state index contributed by atoms with van der Waals surface area (Å²) < 4.78 is 21.6. The fraction of sp³-hybridized carbons (Fsp3) is 0.310. The Bertz CT molecular complexity index is 1490. The van der Waals surface area contributed by atoms with Crippen LogP contribution >= 0.6 is 11.3 Å². The highest BCUT2D eigenvalue weighted by atomic mass is 32.1. The van der Waals surface area contributed by atoms with Crippen molar-refractivity contribution >= 4 is 33.2 Å². The fourth-order valence-corrected chi connectivity index (χ4v) is 5.68. The molecular weight excluding hydrogens is 503 g/mol. The fourth-order valence-electron chi connectivity index (χ4n) is 4.64. The van der Waals surface area contributed by atoms with Crippen LogP contribution in [-0.4, -0.2) is 52.7 Å². The SMILES string of the molecule is O=C(Cc1ccc(Oc2ccnc3cc(-c4ccc(C(=O)N5CCNCC5)cn4)sc23)c(F)c1)CC1CC1. The number of rotatable bonds is 8. The van der Waals surface area contributed by atoms with E-state index in [4.69, 9.17) is 4.74 Å². The first-order valence-corrected chi connectivity index (χ1v) is 13.7. The predicted molar refractivity (Wildman–Crippen MR) is 144 cm³/mol. The number of ketones is 1.